The van der Waals surface area contributed by atoms with Crippen molar-refractivity contribution in [3.05, 3.63) is 64.3 Å². The van der Waals surface area contributed by atoms with Crippen LogP contribution in [0.4, 0.5) is 5.82 Å². The van der Waals surface area contributed by atoms with E-state index in [2.05, 4.69) is 4.98 Å². The van der Waals surface area contributed by atoms with Gasteiger partial charge in [-0.2, -0.15) is 0 Å². The van der Waals surface area contributed by atoms with Gasteiger partial charge in [-0.05, 0) is 22.9 Å². The fraction of sp³-hybridized carbons (Fsp3) is 0.0714. The lowest BCUT2D eigenvalue weighted by Gasteiger charge is -2.01. The van der Waals surface area contributed by atoms with Crippen molar-refractivity contribution in [3.63, 3.8) is 0 Å². The topological polar surface area (TPSA) is 60.4 Å². The number of nitrogens with zero attached hydrogens (tertiary/aromatic N) is 3. The van der Waals surface area contributed by atoms with E-state index in [1.54, 1.807) is 16.7 Å². The fourth-order valence-electron chi connectivity index (χ4n) is 2.09. The van der Waals surface area contributed by atoms with Crippen LogP contribution in [0.1, 0.15) is 5.56 Å². The van der Waals surface area contributed by atoms with Gasteiger partial charge < -0.3 is 10.1 Å². The number of nitro groups is 1. The SMILES string of the molecule is Cc1ccc(-c2c([N+](=O)[O-])nc3ccccn23)cc1. The lowest BCUT2D eigenvalue weighted by Crippen LogP contribution is -1.93. The van der Waals surface area contributed by atoms with Gasteiger partial charge in [0.2, 0.25) is 0 Å². The molecule has 0 aliphatic rings. The molecule has 0 N–H and O–H groups in total. The van der Waals surface area contributed by atoms with E-state index < -0.39 is 4.92 Å². The van der Waals surface area contributed by atoms with E-state index >= 15 is 0 Å². The van der Waals surface area contributed by atoms with E-state index in [-0.39, 0.29) is 5.82 Å². The van der Waals surface area contributed by atoms with Crippen LogP contribution in [0.25, 0.3) is 16.9 Å². The molecule has 1 aromatic carbocycles. The standard InChI is InChI=1S/C14H11N3O2/c1-10-5-7-11(8-6-10)13-14(17(18)19)15-12-4-2-3-9-16(12)13/h2-9H,1H3. The Morgan fingerprint density at radius 2 is 1.89 bits per heavy atom. The molecule has 0 radical (unpaired) electrons. The van der Waals surface area contributed by atoms with Crippen molar-refractivity contribution in [3.8, 4) is 11.3 Å². The zero-order valence-electron chi connectivity index (χ0n) is 10.3. The van der Waals surface area contributed by atoms with Crippen molar-refractivity contribution in [2.24, 2.45) is 0 Å². The molecule has 19 heavy (non-hydrogen) atoms. The molecule has 3 rings (SSSR count). The first-order chi connectivity index (χ1) is 9.16. The largest absolute Gasteiger partial charge is 0.390 e. The molecule has 5 nitrogen and oxygen atoms in total. The number of aryl methyl sites for hydroxylation is 1. The summed E-state index contributed by atoms with van der Waals surface area (Å²) in [6.07, 6.45) is 1.78. The third-order valence-electron chi connectivity index (χ3n) is 3.01. The van der Waals surface area contributed by atoms with Crippen molar-refractivity contribution in [2.75, 3.05) is 0 Å². The van der Waals surface area contributed by atoms with Crippen LogP contribution >= 0.6 is 0 Å². The molecule has 94 valence electrons. The summed E-state index contributed by atoms with van der Waals surface area (Å²) in [6, 6.07) is 13.0. The van der Waals surface area contributed by atoms with Crippen molar-refractivity contribution in [1.82, 2.24) is 9.38 Å². The Morgan fingerprint density at radius 3 is 2.58 bits per heavy atom. The number of hydrogen-bond donors (Lipinski definition) is 0. The fourth-order valence-corrected chi connectivity index (χ4v) is 2.09. The van der Waals surface area contributed by atoms with Crippen molar-refractivity contribution >= 4 is 11.5 Å². The maximum atomic E-state index is 11.2. The maximum absolute atomic E-state index is 11.2. The van der Waals surface area contributed by atoms with Gasteiger partial charge in [-0.15, -0.1) is 0 Å². The molecular weight excluding hydrogens is 242 g/mol. The smallest absolute Gasteiger partial charge is 0.358 e. The monoisotopic (exact) mass is 253 g/mol. The van der Waals surface area contributed by atoms with Gasteiger partial charge in [-0.1, -0.05) is 35.9 Å². The van der Waals surface area contributed by atoms with E-state index in [0.29, 0.717) is 11.3 Å². The van der Waals surface area contributed by atoms with Gasteiger partial charge >= 0.3 is 5.82 Å². The van der Waals surface area contributed by atoms with Crippen molar-refractivity contribution < 1.29 is 4.92 Å². The predicted molar refractivity (Wildman–Crippen MR) is 72.0 cm³/mol. The molecule has 5 heteroatoms. The second-order valence-electron chi connectivity index (χ2n) is 4.34. The molecule has 2 heterocycles. The number of imidazole rings is 1. The quantitative estimate of drug-likeness (QED) is 0.520. The third-order valence-corrected chi connectivity index (χ3v) is 3.01. The minimum atomic E-state index is -0.442. The second kappa shape index (κ2) is 4.20. The van der Waals surface area contributed by atoms with Gasteiger partial charge in [0, 0.05) is 17.8 Å². The number of hydrogen-bond acceptors (Lipinski definition) is 3. The maximum Gasteiger partial charge on any atom is 0.390 e. The third kappa shape index (κ3) is 1.85. The van der Waals surface area contributed by atoms with Crippen molar-refractivity contribution in [2.45, 2.75) is 6.92 Å². The van der Waals surface area contributed by atoms with E-state index in [9.17, 15) is 10.1 Å². The Bertz CT molecular complexity index is 760. The van der Waals surface area contributed by atoms with E-state index in [1.165, 1.54) is 0 Å². The summed E-state index contributed by atoms with van der Waals surface area (Å²) in [5.74, 6) is -0.116. The molecule has 0 fully saturated rings. The van der Waals surface area contributed by atoms with Gasteiger partial charge in [0.15, 0.2) is 5.69 Å². The number of aromatic nitrogens is 2. The Balaban J connectivity index is 2.34. The summed E-state index contributed by atoms with van der Waals surface area (Å²) >= 11 is 0. The first-order valence-corrected chi connectivity index (χ1v) is 5.85. The summed E-state index contributed by atoms with van der Waals surface area (Å²) in [7, 11) is 0. The lowest BCUT2D eigenvalue weighted by atomic mass is 10.1. The van der Waals surface area contributed by atoms with Gasteiger partial charge in [0.05, 0.1) is 0 Å². The average molecular weight is 253 g/mol. The molecule has 0 aliphatic carbocycles. The first kappa shape index (κ1) is 11.4. The first-order valence-electron chi connectivity index (χ1n) is 5.85. The van der Waals surface area contributed by atoms with Gasteiger partial charge in [0.1, 0.15) is 0 Å². The van der Waals surface area contributed by atoms with Gasteiger partial charge in [0.25, 0.3) is 5.65 Å². The van der Waals surface area contributed by atoms with Crippen LogP contribution in [-0.2, 0) is 0 Å². The van der Waals surface area contributed by atoms with E-state index in [0.717, 1.165) is 11.1 Å². The summed E-state index contributed by atoms with van der Waals surface area (Å²) in [4.78, 5) is 14.8. The van der Waals surface area contributed by atoms with Crippen molar-refractivity contribution in [1.29, 1.82) is 0 Å². The van der Waals surface area contributed by atoms with E-state index in [4.69, 9.17) is 0 Å². The zero-order chi connectivity index (χ0) is 13.4. The number of pyridine rings is 1. The molecule has 3 aromatic rings. The van der Waals surface area contributed by atoms with Crippen LogP contribution in [0.2, 0.25) is 0 Å². The predicted octanol–water partition coefficient (Wildman–Crippen LogP) is 3.22. The molecular formula is C14H11N3O2. The molecule has 0 saturated heterocycles. The lowest BCUT2D eigenvalue weighted by molar-refractivity contribution is -0.388. The number of rotatable bonds is 2. The summed E-state index contributed by atoms with van der Waals surface area (Å²) in [5.41, 5.74) is 2.99. The number of benzene rings is 1. The Kier molecular flexibility index (Phi) is 2.52. The molecule has 2 aromatic heterocycles. The number of fused-ring (bicyclic) bond motifs is 1. The normalized spacial score (nSPS) is 10.8. The van der Waals surface area contributed by atoms with Crippen LogP contribution < -0.4 is 0 Å². The highest BCUT2D eigenvalue weighted by Gasteiger charge is 2.23. The Hall–Kier alpha value is -2.69. The van der Waals surface area contributed by atoms with Crippen LogP contribution in [0.5, 0.6) is 0 Å². The van der Waals surface area contributed by atoms with Gasteiger partial charge in [-0.25, -0.2) is 0 Å². The molecule has 0 amide bonds. The zero-order valence-corrected chi connectivity index (χ0v) is 10.3. The average Bonchev–Trinajstić information content (AvgIpc) is 2.79. The van der Waals surface area contributed by atoms with Crippen LogP contribution in [0.15, 0.2) is 48.7 Å². The molecule has 0 bridgehead atoms. The molecule has 0 saturated carbocycles. The minimum Gasteiger partial charge on any atom is -0.358 e. The minimum absolute atomic E-state index is 0.116. The van der Waals surface area contributed by atoms with Crippen LogP contribution in [0, 0.1) is 17.0 Å². The summed E-state index contributed by atoms with van der Waals surface area (Å²) in [5, 5.41) is 11.2. The molecule has 0 atom stereocenters. The van der Waals surface area contributed by atoms with Crippen LogP contribution in [-0.4, -0.2) is 14.3 Å². The Labute approximate surface area is 109 Å². The highest BCUT2D eigenvalue weighted by atomic mass is 16.6. The highest BCUT2D eigenvalue weighted by Crippen LogP contribution is 2.30. The van der Waals surface area contributed by atoms with Crippen LogP contribution in [0.3, 0.4) is 0 Å². The van der Waals surface area contributed by atoms with Gasteiger partial charge in [-0.3, -0.25) is 4.40 Å². The summed E-state index contributed by atoms with van der Waals surface area (Å²) < 4.78 is 1.74. The van der Waals surface area contributed by atoms with E-state index in [1.807, 2.05) is 43.3 Å². The molecule has 0 aliphatic heterocycles. The summed E-state index contributed by atoms with van der Waals surface area (Å²) in [6.45, 7) is 1.98. The molecule has 0 spiro atoms. The highest BCUT2D eigenvalue weighted by molar-refractivity contribution is 5.72. The second-order valence-corrected chi connectivity index (χ2v) is 4.34. The molecule has 0 unspecified atom stereocenters. The Morgan fingerprint density at radius 1 is 1.16 bits per heavy atom.